The Kier molecular flexibility index (Phi) is 5.54. The third-order valence-corrected chi connectivity index (χ3v) is 7.05. The molecule has 0 aliphatic carbocycles. The zero-order chi connectivity index (χ0) is 14.4. The fourth-order valence-electron chi connectivity index (χ4n) is 1.59. The molecule has 0 aliphatic rings. The van der Waals surface area contributed by atoms with Crippen LogP contribution in [0.5, 0.6) is 0 Å². The van der Waals surface area contributed by atoms with Crippen molar-refractivity contribution in [3.05, 3.63) is 70.5 Å². The van der Waals surface area contributed by atoms with Crippen LogP contribution in [0.15, 0.2) is 75.4 Å². The molecule has 0 spiro atoms. The van der Waals surface area contributed by atoms with E-state index in [-0.39, 0.29) is 5.41 Å². The molecular weight excluding hydrogens is 327 g/mol. The van der Waals surface area contributed by atoms with Gasteiger partial charge in [0, 0.05) is 0 Å². The van der Waals surface area contributed by atoms with Crippen LogP contribution in [0.4, 0.5) is 0 Å². The Balaban J connectivity index is 2.16. The Bertz CT molecular complexity index is 553. The van der Waals surface area contributed by atoms with E-state index in [9.17, 15) is 0 Å². The van der Waals surface area contributed by atoms with Gasteiger partial charge in [0.15, 0.2) is 0 Å². The second-order valence-electron chi connectivity index (χ2n) is 5.58. The predicted octanol–water partition coefficient (Wildman–Crippen LogP) is 4.70. The molecule has 0 radical (unpaired) electrons. The van der Waals surface area contributed by atoms with Crippen molar-refractivity contribution in [3.8, 4) is 0 Å². The topological polar surface area (TPSA) is 0 Å². The monoisotopic (exact) mass is 348 g/mol. The molecule has 2 heteroatoms. The summed E-state index contributed by atoms with van der Waals surface area (Å²) < 4.78 is 2.97. The van der Waals surface area contributed by atoms with Gasteiger partial charge in [-0.25, -0.2) is 0 Å². The number of hydrogen-bond donors (Lipinski definition) is 0. The van der Waals surface area contributed by atoms with Crippen molar-refractivity contribution in [1.29, 1.82) is 0 Å². The van der Waals surface area contributed by atoms with Crippen LogP contribution in [-0.4, -0.2) is 15.0 Å². The first-order chi connectivity index (χ1) is 9.55. The summed E-state index contributed by atoms with van der Waals surface area (Å²) in [4.78, 5) is 1.30. The Hall–Kier alpha value is -0.951. The van der Waals surface area contributed by atoms with Gasteiger partial charge in [0.2, 0.25) is 0 Å². The third kappa shape index (κ3) is 4.86. The third-order valence-electron chi connectivity index (χ3n) is 2.76. The number of hydrogen-bond acceptors (Lipinski definition) is 1. The molecule has 20 heavy (non-hydrogen) atoms. The summed E-state index contributed by atoms with van der Waals surface area (Å²) in [5, 5.41) is 2.35. The van der Waals surface area contributed by atoms with Crippen LogP contribution in [0.1, 0.15) is 20.8 Å². The summed E-state index contributed by atoms with van der Waals surface area (Å²) >= 11 is 2.22. The molecule has 0 heterocycles. The molecule has 0 unspecified atom stereocenters. The number of allylic oxidation sites excluding steroid dienone is 1. The van der Waals surface area contributed by atoms with Crippen LogP contribution in [0.3, 0.4) is 0 Å². The molecule has 0 atom stereocenters. The summed E-state index contributed by atoms with van der Waals surface area (Å²) in [5.74, 6) is 0. The van der Waals surface area contributed by atoms with Crippen LogP contribution >= 0.6 is 11.8 Å². The van der Waals surface area contributed by atoms with E-state index in [0.717, 1.165) is 0 Å². The molecule has 0 saturated heterocycles. The van der Waals surface area contributed by atoms with E-state index in [2.05, 4.69) is 86.8 Å². The van der Waals surface area contributed by atoms with Gasteiger partial charge in [-0.05, 0) is 0 Å². The maximum atomic E-state index is 2.35. The standard InChI is InChI=1S/C18H20SSe/c1-18(2,3)17(20-16-12-8-5-9-13-16)14-19-15-10-6-4-7-11-15/h4-14H,1-3H3/b17-14-. The quantitative estimate of drug-likeness (QED) is 0.571. The van der Waals surface area contributed by atoms with Crippen LogP contribution in [-0.2, 0) is 0 Å². The molecule has 0 bridgehead atoms. The van der Waals surface area contributed by atoms with Gasteiger partial charge in [0.25, 0.3) is 0 Å². The fraction of sp³-hybridized carbons (Fsp3) is 0.222. The maximum absolute atomic E-state index is 2.35. The van der Waals surface area contributed by atoms with Gasteiger partial charge in [-0.15, -0.1) is 0 Å². The molecule has 0 nitrogen and oxygen atoms in total. The molecule has 104 valence electrons. The number of benzene rings is 2. The van der Waals surface area contributed by atoms with Gasteiger partial charge in [-0.2, -0.15) is 0 Å². The van der Waals surface area contributed by atoms with E-state index in [0.29, 0.717) is 15.0 Å². The van der Waals surface area contributed by atoms with Gasteiger partial charge < -0.3 is 0 Å². The van der Waals surface area contributed by atoms with Crippen molar-refractivity contribution in [3.63, 3.8) is 0 Å². The van der Waals surface area contributed by atoms with Crippen LogP contribution in [0.25, 0.3) is 0 Å². The average Bonchev–Trinajstić information content (AvgIpc) is 2.44. The van der Waals surface area contributed by atoms with Crippen LogP contribution in [0, 0.1) is 5.41 Å². The Morgan fingerprint density at radius 2 is 1.45 bits per heavy atom. The Labute approximate surface area is 132 Å². The van der Waals surface area contributed by atoms with Gasteiger partial charge in [-0.3, -0.25) is 0 Å². The molecule has 0 N–H and O–H groups in total. The van der Waals surface area contributed by atoms with Crippen molar-refractivity contribution in [2.75, 3.05) is 0 Å². The van der Waals surface area contributed by atoms with Crippen molar-refractivity contribution in [2.24, 2.45) is 5.41 Å². The van der Waals surface area contributed by atoms with E-state index in [1.807, 2.05) is 11.8 Å². The van der Waals surface area contributed by atoms with Gasteiger partial charge >= 0.3 is 133 Å². The molecule has 0 aliphatic heterocycles. The molecule has 0 amide bonds. The van der Waals surface area contributed by atoms with E-state index < -0.39 is 0 Å². The van der Waals surface area contributed by atoms with Gasteiger partial charge in [0.1, 0.15) is 0 Å². The fourth-order valence-corrected chi connectivity index (χ4v) is 4.95. The Morgan fingerprint density at radius 1 is 0.900 bits per heavy atom. The van der Waals surface area contributed by atoms with E-state index in [1.54, 1.807) is 0 Å². The second-order valence-corrected chi connectivity index (χ2v) is 8.86. The summed E-state index contributed by atoms with van der Waals surface area (Å²) in [6, 6.07) is 21.4. The van der Waals surface area contributed by atoms with Crippen molar-refractivity contribution >= 4 is 31.2 Å². The summed E-state index contributed by atoms with van der Waals surface area (Å²) in [5.41, 5.74) is 0.220. The normalized spacial score (nSPS) is 12.4. The molecule has 2 aromatic rings. The van der Waals surface area contributed by atoms with E-state index >= 15 is 0 Å². The average molecular weight is 347 g/mol. The Morgan fingerprint density at radius 3 is 2.00 bits per heavy atom. The minimum absolute atomic E-state index is 0.220. The van der Waals surface area contributed by atoms with E-state index in [4.69, 9.17) is 0 Å². The summed E-state index contributed by atoms with van der Waals surface area (Å²) in [6.45, 7) is 6.90. The summed E-state index contributed by atoms with van der Waals surface area (Å²) in [7, 11) is 0. The predicted molar refractivity (Wildman–Crippen MR) is 91.7 cm³/mol. The molecule has 2 rings (SSSR count). The summed E-state index contributed by atoms with van der Waals surface area (Å²) in [6.07, 6.45) is 0. The first-order valence-corrected chi connectivity index (χ1v) is 9.30. The molecule has 0 fully saturated rings. The SMILES string of the molecule is CC(C)(C)/C(=C/Sc1ccccc1)[Se]c1ccccc1. The number of rotatable bonds is 4. The molecule has 0 aromatic heterocycles. The number of thioether (sulfide) groups is 1. The van der Waals surface area contributed by atoms with Crippen molar-refractivity contribution < 1.29 is 0 Å². The van der Waals surface area contributed by atoms with Crippen LogP contribution in [0.2, 0.25) is 0 Å². The van der Waals surface area contributed by atoms with Crippen LogP contribution < -0.4 is 4.46 Å². The van der Waals surface area contributed by atoms with Gasteiger partial charge in [0.05, 0.1) is 0 Å². The van der Waals surface area contributed by atoms with Gasteiger partial charge in [-0.1, -0.05) is 0 Å². The van der Waals surface area contributed by atoms with E-state index in [1.165, 1.54) is 13.8 Å². The first kappa shape index (κ1) is 15.4. The second kappa shape index (κ2) is 7.17. The van der Waals surface area contributed by atoms with Crippen molar-refractivity contribution in [1.82, 2.24) is 0 Å². The zero-order valence-corrected chi connectivity index (χ0v) is 14.7. The molecular formula is C18H20SSe. The minimum atomic E-state index is 0.220. The van der Waals surface area contributed by atoms with Crippen molar-refractivity contribution in [2.45, 2.75) is 25.7 Å². The molecule has 0 saturated carbocycles. The first-order valence-electron chi connectivity index (χ1n) is 6.71. The molecule has 2 aromatic carbocycles. The zero-order valence-electron chi connectivity index (χ0n) is 12.2.